The molecule has 0 N–H and O–H groups in total. The molecule has 2 aliphatic rings. The summed E-state index contributed by atoms with van der Waals surface area (Å²) in [5, 5.41) is 0. The Kier molecular flexibility index (Phi) is 26.1. The molecule has 0 radical (unpaired) electrons. The standard InChI is InChI=1S/2C7H14.2C4H9.Zr/c2*1-6-3-4-7(2)5-6;2*1-3-4-2;/h2*6-7H,3-5H2,1-2H3;2*1,3-4H2,2H3;/q;;2*-1;+4. The molecule has 0 heterocycles. The van der Waals surface area contributed by atoms with Crippen LogP contribution in [0.3, 0.4) is 0 Å². The zero-order valence-corrected chi connectivity index (χ0v) is 19.8. The average molecular weight is 402 g/mol. The normalized spacial score (nSPS) is 28.2. The molecule has 1 heteroatoms. The summed E-state index contributed by atoms with van der Waals surface area (Å²) in [5.41, 5.74) is 0. The fourth-order valence-corrected chi connectivity index (χ4v) is 2.98. The van der Waals surface area contributed by atoms with Crippen molar-refractivity contribution in [3.05, 3.63) is 13.8 Å². The minimum atomic E-state index is 0. The van der Waals surface area contributed by atoms with E-state index in [1.54, 1.807) is 0 Å². The summed E-state index contributed by atoms with van der Waals surface area (Å²) in [4.78, 5) is 0. The van der Waals surface area contributed by atoms with Gasteiger partial charge in [-0.2, -0.15) is 12.8 Å². The molecule has 2 fully saturated rings. The number of hydrogen-bond donors (Lipinski definition) is 0. The van der Waals surface area contributed by atoms with E-state index in [9.17, 15) is 0 Å². The molecule has 136 valence electrons. The van der Waals surface area contributed by atoms with Crippen LogP contribution in [0.4, 0.5) is 0 Å². The fraction of sp³-hybridized carbons (Fsp3) is 0.909. The molecule has 2 aliphatic carbocycles. The van der Waals surface area contributed by atoms with Gasteiger partial charge in [-0.15, -0.1) is 0 Å². The molecule has 0 nitrogen and oxygen atoms in total. The number of unbranched alkanes of at least 4 members (excludes halogenated alkanes) is 2. The van der Waals surface area contributed by atoms with Crippen LogP contribution in [-0.2, 0) is 26.2 Å². The maximum atomic E-state index is 3.60. The topological polar surface area (TPSA) is 0 Å². The Balaban J connectivity index is -0.000000238. The second kappa shape index (κ2) is 20.9. The van der Waals surface area contributed by atoms with Crippen molar-refractivity contribution in [1.29, 1.82) is 0 Å². The molecule has 0 aliphatic heterocycles. The Hall–Kier alpha value is 0.883. The quantitative estimate of drug-likeness (QED) is 0.410. The first-order valence-electron chi connectivity index (χ1n) is 9.99. The van der Waals surface area contributed by atoms with Gasteiger partial charge in [-0.3, -0.25) is 0 Å². The molecule has 4 atom stereocenters. The van der Waals surface area contributed by atoms with Crippen LogP contribution in [0.5, 0.6) is 0 Å². The van der Waals surface area contributed by atoms with E-state index >= 15 is 0 Å². The number of hydrogen-bond acceptors (Lipinski definition) is 0. The maximum absolute atomic E-state index is 3.60. The Labute approximate surface area is 169 Å². The number of rotatable bonds is 2. The molecular weight excluding hydrogens is 355 g/mol. The van der Waals surface area contributed by atoms with E-state index in [0.29, 0.717) is 0 Å². The summed E-state index contributed by atoms with van der Waals surface area (Å²) in [7, 11) is 0. The molecule has 0 saturated heterocycles. The van der Waals surface area contributed by atoms with Crippen molar-refractivity contribution in [3.63, 3.8) is 0 Å². The van der Waals surface area contributed by atoms with Gasteiger partial charge < -0.3 is 13.8 Å². The van der Waals surface area contributed by atoms with E-state index < -0.39 is 0 Å². The third-order valence-corrected chi connectivity index (χ3v) is 4.62. The monoisotopic (exact) mass is 400 g/mol. The van der Waals surface area contributed by atoms with E-state index in [1.165, 1.54) is 51.4 Å². The first-order valence-corrected chi connectivity index (χ1v) is 9.99. The summed E-state index contributed by atoms with van der Waals surface area (Å²) in [6.45, 7) is 20.8. The van der Waals surface area contributed by atoms with Gasteiger partial charge in [0.05, 0.1) is 0 Å². The van der Waals surface area contributed by atoms with Crippen molar-refractivity contribution in [1.82, 2.24) is 0 Å². The maximum Gasteiger partial charge on any atom is 4.00 e. The summed E-state index contributed by atoms with van der Waals surface area (Å²) < 4.78 is 0. The van der Waals surface area contributed by atoms with Gasteiger partial charge in [-0.05, 0) is 36.5 Å². The van der Waals surface area contributed by atoms with Gasteiger partial charge in [0.25, 0.3) is 0 Å². The van der Waals surface area contributed by atoms with Crippen molar-refractivity contribution in [2.75, 3.05) is 0 Å². The van der Waals surface area contributed by atoms with E-state index in [4.69, 9.17) is 0 Å². The Morgan fingerprint density at radius 2 is 0.783 bits per heavy atom. The zero-order chi connectivity index (χ0) is 17.4. The fourth-order valence-electron chi connectivity index (χ4n) is 2.98. The van der Waals surface area contributed by atoms with Crippen molar-refractivity contribution >= 4 is 0 Å². The first kappa shape index (κ1) is 28.7. The minimum absolute atomic E-state index is 0. The molecule has 0 bridgehead atoms. The largest absolute Gasteiger partial charge is 4.00 e. The molecular formula is C22H46Zr+2. The molecule has 4 unspecified atom stereocenters. The van der Waals surface area contributed by atoms with Gasteiger partial charge in [0.1, 0.15) is 0 Å². The Morgan fingerprint density at radius 3 is 0.826 bits per heavy atom. The molecule has 2 saturated carbocycles. The van der Waals surface area contributed by atoms with E-state index in [0.717, 1.165) is 36.5 Å². The third-order valence-electron chi connectivity index (χ3n) is 4.62. The van der Waals surface area contributed by atoms with Crippen LogP contribution in [0.2, 0.25) is 0 Å². The van der Waals surface area contributed by atoms with Crippen molar-refractivity contribution < 1.29 is 26.2 Å². The molecule has 0 aromatic heterocycles. The Morgan fingerprint density at radius 1 is 0.609 bits per heavy atom. The second-order valence-electron chi connectivity index (χ2n) is 7.75. The summed E-state index contributed by atoms with van der Waals surface area (Å²) in [5.74, 6) is 4.09. The van der Waals surface area contributed by atoms with Crippen molar-refractivity contribution in [2.45, 2.75) is 106 Å². The molecule has 0 aromatic carbocycles. The summed E-state index contributed by atoms with van der Waals surface area (Å²) in [6, 6.07) is 0. The average Bonchev–Trinajstić information content (AvgIpc) is 3.07. The van der Waals surface area contributed by atoms with E-state index in [-0.39, 0.29) is 26.2 Å². The van der Waals surface area contributed by atoms with Gasteiger partial charge in [0, 0.05) is 0 Å². The SMILES string of the molecule is CC1CCC(C)C1.CC1CCC(C)C1.[CH2-]CCC.[CH2-]CCC.[Zr+4]. The van der Waals surface area contributed by atoms with Crippen LogP contribution >= 0.6 is 0 Å². The zero-order valence-electron chi connectivity index (χ0n) is 17.3. The van der Waals surface area contributed by atoms with Crippen LogP contribution in [-0.4, -0.2) is 0 Å². The molecule has 23 heavy (non-hydrogen) atoms. The van der Waals surface area contributed by atoms with Gasteiger partial charge >= 0.3 is 26.2 Å². The molecule has 2 rings (SSSR count). The van der Waals surface area contributed by atoms with Crippen LogP contribution < -0.4 is 0 Å². The summed E-state index contributed by atoms with van der Waals surface area (Å²) in [6.07, 6.45) is 13.4. The molecule has 0 aromatic rings. The van der Waals surface area contributed by atoms with Crippen molar-refractivity contribution in [2.24, 2.45) is 23.7 Å². The van der Waals surface area contributed by atoms with Crippen LogP contribution in [0.25, 0.3) is 0 Å². The Bertz CT molecular complexity index is 160. The third kappa shape index (κ3) is 22.9. The van der Waals surface area contributed by atoms with Gasteiger partial charge in [0.15, 0.2) is 0 Å². The minimum Gasteiger partial charge on any atom is -0.343 e. The molecule has 0 spiro atoms. The van der Waals surface area contributed by atoms with Gasteiger partial charge in [-0.25, -0.2) is 0 Å². The van der Waals surface area contributed by atoms with Crippen LogP contribution in [0.1, 0.15) is 106 Å². The predicted octanol–water partition coefficient (Wildman–Crippen LogP) is 8.12. The predicted molar refractivity (Wildman–Crippen MR) is 105 cm³/mol. The van der Waals surface area contributed by atoms with Gasteiger partial charge in [-0.1, -0.05) is 80.1 Å². The van der Waals surface area contributed by atoms with Crippen molar-refractivity contribution in [3.8, 4) is 0 Å². The summed E-state index contributed by atoms with van der Waals surface area (Å²) >= 11 is 0. The van der Waals surface area contributed by atoms with E-state index in [1.807, 2.05) is 0 Å². The molecule has 0 amide bonds. The van der Waals surface area contributed by atoms with Gasteiger partial charge in [0.2, 0.25) is 0 Å². The van der Waals surface area contributed by atoms with Crippen LogP contribution in [0.15, 0.2) is 0 Å². The van der Waals surface area contributed by atoms with Crippen LogP contribution in [0, 0.1) is 37.5 Å². The second-order valence-corrected chi connectivity index (χ2v) is 7.75. The smallest absolute Gasteiger partial charge is 0.343 e. The first-order chi connectivity index (χ1) is 10.4. The van der Waals surface area contributed by atoms with E-state index in [2.05, 4.69) is 55.4 Å².